The smallest absolute Gasteiger partial charge is 0.409 e. The van der Waals surface area contributed by atoms with Gasteiger partial charge < -0.3 is 14.5 Å². The molecular weight excluding hydrogens is 392 g/mol. The molecule has 2 saturated heterocycles. The molecule has 1 atom stereocenters. The Morgan fingerprint density at radius 2 is 1.87 bits per heavy atom. The van der Waals surface area contributed by atoms with Crippen molar-refractivity contribution in [1.29, 1.82) is 0 Å². The number of fused-ring (bicyclic) bond motifs is 2. The van der Waals surface area contributed by atoms with Gasteiger partial charge in [-0.3, -0.25) is 4.79 Å². The molecule has 0 aliphatic carbocycles. The summed E-state index contributed by atoms with van der Waals surface area (Å²) in [4.78, 5) is 28.2. The lowest BCUT2D eigenvalue weighted by atomic mass is 9.74. The van der Waals surface area contributed by atoms with E-state index in [9.17, 15) is 9.59 Å². The molecule has 0 saturated carbocycles. The van der Waals surface area contributed by atoms with Crippen molar-refractivity contribution in [2.24, 2.45) is 5.92 Å². The molecule has 170 valence electrons. The van der Waals surface area contributed by atoms with Crippen molar-refractivity contribution in [2.45, 2.75) is 51.4 Å². The number of rotatable bonds is 5. The lowest BCUT2D eigenvalue weighted by Crippen LogP contribution is -3.14. The lowest BCUT2D eigenvalue weighted by molar-refractivity contribution is -0.868. The van der Waals surface area contributed by atoms with Crippen LogP contribution in [0.2, 0.25) is 0 Å². The first-order valence-electron chi connectivity index (χ1n) is 11.9. The molecule has 2 amide bonds. The first-order chi connectivity index (χ1) is 15.0. The number of amides is 2. The van der Waals surface area contributed by atoms with E-state index in [1.165, 1.54) is 11.3 Å². The average molecular weight is 430 g/mol. The van der Waals surface area contributed by atoms with Gasteiger partial charge in [-0.2, -0.15) is 10.4 Å². The summed E-state index contributed by atoms with van der Waals surface area (Å²) in [6.07, 6.45) is 5.11. The number of carbonyl (C=O) groups is 2. The maximum Gasteiger partial charge on any atom is 0.409 e. The highest BCUT2D eigenvalue weighted by Crippen LogP contribution is 2.41. The lowest BCUT2D eigenvalue weighted by Gasteiger charge is -2.40. The van der Waals surface area contributed by atoms with Crippen molar-refractivity contribution in [3.63, 3.8) is 0 Å². The number of benzene rings is 1. The number of carbonyl (C=O) groups excluding carboxylic acids is 2. The first kappa shape index (κ1) is 22.1. The topological polar surface area (TPSA) is 66.3 Å². The van der Waals surface area contributed by atoms with Crippen LogP contribution in [0.4, 0.5) is 10.5 Å². The minimum Gasteiger partial charge on any atom is -0.449 e. The van der Waals surface area contributed by atoms with E-state index in [1.807, 2.05) is 11.8 Å². The SMILES string of the molecule is CCCOC(=O)N1CCC(CN2CCC3(CC2)C[NH+](NC(C)=O)c2ccccc23)CC1. The number of quaternary nitrogens is 1. The largest absolute Gasteiger partial charge is 0.449 e. The second-order valence-electron chi connectivity index (χ2n) is 9.51. The quantitative estimate of drug-likeness (QED) is 0.750. The van der Waals surface area contributed by atoms with Gasteiger partial charge in [0.15, 0.2) is 5.69 Å². The summed E-state index contributed by atoms with van der Waals surface area (Å²) >= 11 is 0. The third-order valence-corrected chi connectivity index (χ3v) is 7.30. The van der Waals surface area contributed by atoms with Gasteiger partial charge >= 0.3 is 6.09 Å². The molecule has 0 radical (unpaired) electrons. The fraction of sp³-hybridized carbons (Fsp3) is 0.667. The molecule has 1 spiro atoms. The van der Waals surface area contributed by atoms with Crippen LogP contribution in [0.25, 0.3) is 0 Å². The normalized spacial score (nSPS) is 23.5. The van der Waals surface area contributed by atoms with Crippen LogP contribution >= 0.6 is 0 Å². The molecule has 31 heavy (non-hydrogen) atoms. The Bertz CT molecular complexity index is 783. The fourth-order valence-corrected chi connectivity index (χ4v) is 5.62. The van der Waals surface area contributed by atoms with Gasteiger partial charge in [-0.05, 0) is 51.1 Å². The minimum absolute atomic E-state index is 0.0178. The van der Waals surface area contributed by atoms with E-state index in [-0.39, 0.29) is 17.4 Å². The van der Waals surface area contributed by atoms with Crippen LogP contribution in [0.1, 0.15) is 51.5 Å². The van der Waals surface area contributed by atoms with E-state index in [0.717, 1.165) is 76.4 Å². The number of likely N-dealkylation sites (tertiary alicyclic amines) is 2. The standard InChI is InChI=1S/C24H36N4O3/c1-3-16-31-23(30)27-12-8-20(9-13-27)17-26-14-10-24(11-15-26)18-28(25-19(2)29)22-7-5-4-6-21(22)24/h4-7,20H,3,8-18H2,1-2H3,(H,25,29)/p+1. The molecule has 0 aromatic heterocycles. The summed E-state index contributed by atoms with van der Waals surface area (Å²) in [5, 5.41) is 1.10. The Balaban J connectivity index is 1.29. The summed E-state index contributed by atoms with van der Waals surface area (Å²) in [7, 11) is 0. The zero-order valence-corrected chi connectivity index (χ0v) is 19.0. The third kappa shape index (κ3) is 4.88. The second kappa shape index (κ2) is 9.57. The summed E-state index contributed by atoms with van der Waals surface area (Å²) in [6.45, 7) is 10.0. The maximum absolute atomic E-state index is 12.1. The predicted molar refractivity (Wildman–Crippen MR) is 119 cm³/mol. The Morgan fingerprint density at radius 3 is 2.55 bits per heavy atom. The van der Waals surface area contributed by atoms with Crippen LogP contribution in [-0.4, -0.2) is 67.7 Å². The molecule has 1 unspecified atom stereocenters. The van der Waals surface area contributed by atoms with Crippen molar-refractivity contribution in [3.05, 3.63) is 29.8 Å². The van der Waals surface area contributed by atoms with E-state index in [1.54, 1.807) is 6.92 Å². The van der Waals surface area contributed by atoms with Crippen molar-refractivity contribution >= 4 is 17.7 Å². The molecule has 1 aromatic carbocycles. The first-order valence-corrected chi connectivity index (χ1v) is 11.9. The average Bonchev–Trinajstić information content (AvgIpc) is 3.07. The highest BCUT2D eigenvalue weighted by Gasteiger charge is 2.49. The Labute approximate surface area is 185 Å². The van der Waals surface area contributed by atoms with Crippen LogP contribution < -0.4 is 10.4 Å². The van der Waals surface area contributed by atoms with E-state index in [0.29, 0.717) is 12.5 Å². The summed E-state index contributed by atoms with van der Waals surface area (Å²) in [5.41, 5.74) is 5.90. The number of hydrogen-bond acceptors (Lipinski definition) is 4. The molecule has 3 aliphatic heterocycles. The highest BCUT2D eigenvalue weighted by atomic mass is 16.6. The van der Waals surface area contributed by atoms with Crippen LogP contribution in [0.3, 0.4) is 0 Å². The molecule has 3 heterocycles. The fourth-order valence-electron chi connectivity index (χ4n) is 5.62. The monoisotopic (exact) mass is 429 g/mol. The second-order valence-corrected chi connectivity index (χ2v) is 9.51. The maximum atomic E-state index is 12.1. The van der Waals surface area contributed by atoms with Gasteiger partial charge in [0, 0.05) is 38.2 Å². The number of ether oxygens (including phenoxy) is 1. The van der Waals surface area contributed by atoms with Gasteiger partial charge in [-0.1, -0.05) is 25.1 Å². The van der Waals surface area contributed by atoms with Crippen LogP contribution in [-0.2, 0) is 14.9 Å². The van der Waals surface area contributed by atoms with E-state index in [2.05, 4.69) is 34.6 Å². The summed E-state index contributed by atoms with van der Waals surface area (Å²) in [6, 6.07) is 8.61. The molecule has 2 N–H and O–H groups in total. The molecule has 2 fully saturated rings. The molecule has 0 bridgehead atoms. The van der Waals surface area contributed by atoms with Crippen molar-refractivity contribution in [2.75, 3.05) is 45.9 Å². The molecule has 7 nitrogen and oxygen atoms in total. The number of hydrogen-bond donors (Lipinski definition) is 2. The number of piperidine rings is 2. The van der Waals surface area contributed by atoms with E-state index in [4.69, 9.17) is 4.74 Å². The number of para-hydroxylation sites is 1. The molecule has 3 aliphatic rings. The van der Waals surface area contributed by atoms with Crippen LogP contribution in [0.5, 0.6) is 0 Å². The van der Waals surface area contributed by atoms with Crippen molar-refractivity contribution in [3.8, 4) is 0 Å². The van der Waals surface area contributed by atoms with E-state index >= 15 is 0 Å². The Hall–Kier alpha value is -2.12. The van der Waals surface area contributed by atoms with Gasteiger partial charge in [0.05, 0.1) is 12.0 Å². The predicted octanol–water partition coefficient (Wildman–Crippen LogP) is 1.86. The Kier molecular flexibility index (Phi) is 6.82. The molecule has 1 aromatic rings. The van der Waals surface area contributed by atoms with Gasteiger partial charge in [-0.25, -0.2) is 4.79 Å². The molecular formula is C24H37N4O3+. The van der Waals surface area contributed by atoms with E-state index < -0.39 is 0 Å². The molecule has 4 rings (SSSR count). The van der Waals surface area contributed by atoms with Crippen molar-refractivity contribution < 1.29 is 19.3 Å². The Morgan fingerprint density at radius 1 is 1.16 bits per heavy atom. The van der Waals surface area contributed by atoms with Crippen LogP contribution in [0.15, 0.2) is 24.3 Å². The summed E-state index contributed by atoms with van der Waals surface area (Å²) < 4.78 is 5.28. The van der Waals surface area contributed by atoms with Gasteiger partial charge in [0.25, 0.3) is 5.91 Å². The van der Waals surface area contributed by atoms with Crippen LogP contribution in [0, 0.1) is 5.92 Å². The van der Waals surface area contributed by atoms with Gasteiger partial charge in [-0.15, -0.1) is 0 Å². The zero-order valence-electron chi connectivity index (χ0n) is 19.0. The molecule has 7 heteroatoms. The minimum atomic E-state index is -0.147. The van der Waals surface area contributed by atoms with Crippen molar-refractivity contribution in [1.82, 2.24) is 15.2 Å². The third-order valence-electron chi connectivity index (χ3n) is 7.30. The highest BCUT2D eigenvalue weighted by molar-refractivity contribution is 5.71. The zero-order chi connectivity index (χ0) is 21.8. The number of nitrogens with zero attached hydrogens (tertiary/aromatic N) is 2. The number of nitrogens with one attached hydrogen (secondary N) is 2. The van der Waals surface area contributed by atoms with Gasteiger partial charge in [0.1, 0.15) is 6.54 Å². The summed E-state index contributed by atoms with van der Waals surface area (Å²) in [5.74, 6) is 0.672. The van der Waals surface area contributed by atoms with Gasteiger partial charge in [0.2, 0.25) is 0 Å².